The number of carboxylic acid groups (broad SMARTS) is 1. The quantitative estimate of drug-likeness (QED) is 0.656. The summed E-state index contributed by atoms with van der Waals surface area (Å²) in [6, 6.07) is 10.6. The molecule has 0 spiro atoms. The number of ether oxygens (including phenoxy) is 2. The molecule has 1 atom stereocenters. The Hall–Kier alpha value is -2.77. The normalized spacial score (nSPS) is 11.8. The van der Waals surface area contributed by atoms with Gasteiger partial charge in [0.1, 0.15) is 5.82 Å². The molecule has 0 bridgehead atoms. The van der Waals surface area contributed by atoms with Gasteiger partial charge in [0.2, 0.25) is 0 Å². The van der Waals surface area contributed by atoms with Crippen molar-refractivity contribution in [3.8, 4) is 0 Å². The van der Waals surface area contributed by atoms with Gasteiger partial charge in [-0.2, -0.15) is 0 Å². The molecule has 0 aliphatic rings. The van der Waals surface area contributed by atoms with Gasteiger partial charge in [0, 0.05) is 23.9 Å². The number of nitrogens with one attached hydrogen (secondary N) is 1. The second-order valence-corrected chi connectivity index (χ2v) is 5.99. The van der Waals surface area contributed by atoms with Gasteiger partial charge in [-0.1, -0.05) is 12.1 Å². The summed E-state index contributed by atoms with van der Waals surface area (Å²) >= 11 is 0. The van der Waals surface area contributed by atoms with Crippen LogP contribution in [0.2, 0.25) is 0 Å². The molecule has 0 heterocycles. The van der Waals surface area contributed by atoms with Gasteiger partial charge >= 0.3 is 5.97 Å². The smallest absolute Gasteiger partial charge is 0.310 e. The van der Waals surface area contributed by atoms with Gasteiger partial charge < -0.3 is 19.9 Å². The summed E-state index contributed by atoms with van der Waals surface area (Å²) < 4.78 is 24.1. The van der Waals surface area contributed by atoms with Crippen molar-refractivity contribution in [3.63, 3.8) is 0 Å². The van der Waals surface area contributed by atoms with Crippen LogP contribution in [0.15, 0.2) is 42.5 Å². The number of carboxylic acids is 1. The molecular weight excluding hydrogens is 353 g/mol. The van der Waals surface area contributed by atoms with Crippen LogP contribution >= 0.6 is 0 Å². The lowest BCUT2D eigenvalue weighted by Gasteiger charge is -2.11. The van der Waals surface area contributed by atoms with E-state index in [-0.39, 0.29) is 17.7 Å². The van der Waals surface area contributed by atoms with Crippen LogP contribution in [0.25, 0.3) is 0 Å². The van der Waals surface area contributed by atoms with Gasteiger partial charge in [-0.15, -0.1) is 0 Å². The minimum atomic E-state index is -0.949. The minimum absolute atomic E-state index is 0.0297. The highest BCUT2D eigenvalue weighted by atomic mass is 19.1. The van der Waals surface area contributed by atoms with Crippen LogP contribution < -0.4 is 5.32 Å². The number of hydrogen-bond acceptors (Lipinski definition) is 4. The second kappa shape index (κ2) is 9.80. The number of halogens is 1. The van der Waals surface area contributed by atoms with E-state index in [1.165, 1.54) is 18.2 Å². The first-order valence-corrected chi connectivity index (χ1v) is 8.41. The van der Waals surface area contributed by atoms with Crippen molar-refractivity contribution >= 4 is 17.6 Å². The Morgan fingerprint density at radius 2 is 1.96 bits per heavy atom. The summed E-state index contributed by atoms with van der Waals surface area (Å²) in [5.41, 5.74) is 1.59. The molecule has 0 radical (unpaired) electrons. The summed E-state index contributed by atoms with van der Waals surface area (Å²) in [5.74, 6) is -2.52. The number of hydrogen-bond donors (Lipinski definition) is 2. The Balaban J connectivity index is 2.09. The fraction of sp³-hybridized carbons (Fsp3) is 0.300. The second-order valence-electron chi connectivity index (χ2n) is 5.99. The Kier molecular flexibility index (Phi) is 7.45. The molecule has 144 valence electrons. The summed E-state index contributed by atoms with van der Waals surface area (Å²) in [4.78, 5) is 23.6. The Bertz CT molecular complexity index is 809. The standard InChI is InChI=1S/C20H22FNO5/c1-13(20(24)25)14-4-3-5-17(11-14)22-19(23)15-6-7-18(21)16(10-15)12-27-9-8-26-2/h3-7,10-11,13H,8-9,12H2,1-2H3,(H,22,23)(H,24,25). The van der Waals surface area contributed by atoms with E-state index in [0.717, 1.165) is 0 Å². The fourth-order valence-corrected chi connectivity index (χ4v) is 2.38. The van der Waals surface area contributed by atoms with Crippen molar-refractivity contribution in [2.45, 2.75) is 19.4 Å². The molecule has 2 aromatic rings. The highest BCUT2D eigenvalue weighted by Crippen LogP contribution is 2.20. The number of benzene rings is 2. The molecule has 1 unspecified atom stereocenters. The number of aliphatic carboxylic acids is 1. The fourth-order valence-electron chi connectivity index (χ4n) is 2.38. The van der Waals surface area contributed by atoms with Gasteiger partial charge in [0.15, 0.2) is 0 Å². The number of anilines is 1. The van der Waals surface area contributed by atoms with Gasteiger partial charge in [0.05, 0.1) is 25.7 Å². The van der Waals surface area contributed by atoms with Crippen molar-refractivity contribution in [2.24, 2.45) is 0 Å². The van der Waals surface area contributed by atoms with Gasteiger partial charge in [-0.25, -0.2) is 4.39 Å². The van der Waals surface area contributed by atoms with Crippen LogP contribution in [0.1, 0.15) is 34.3 Å². The van der Waals surface area contributed by atoms with E-state index in [4.69, 9.17) is 14.6 Å². The first-order chi connectivity index (χ1) is 12.9. The predicted octanol–water partition coefficient (Wildman–Crippen LogP) is 3.43. The molecular formula is C20H22FNO5. The van der Waals surface area contributed by atoms with E-state index < -0.39 is 23.6 Å². The van der Waals surface area contributed by atoms with Crippen LogP contribution in [0.5, 0.6) is 0 Å². The molecule has 0 saturated heterocycles. The molecule has 2 N–H and O–H groups in total. The summed E-state index contributed by atoms with van der Waals surface area (Å²) in [5, 5.41) is 11.8. The zero-order chi connectivity index (χ0) is 19.8. The van der Waals surface area contributed by atoms with Gasteiger partial charge in [0.25, 0.3) is 5.91 Å². The summed E-state index contributed by atoms with van der Waals surface area (Å²) in [6.45, 7) is 2.31. The molecule has 0 saturated carbocycles. The van der Waals surface area contributed by atoms with E-state index >= 15 is 0 Å². The highest BCUT2D eigenvalue weighted by molar-refractivity contribution is 6.04. The number of carbonyl (C=O) groups excluding carboxylic acids is 1. The maximum atomic E-state index is 13.9. The molecule has 6 nitrogen and oxygen atoms in total. The minimum Gasteiger partial charge on any atom is -0.481 e. The topological polar surface area (TPSA) is 84.9 Å². The monoisotopic (exact) mass is 375 g/mol. The molecule has 0 aliphatic carbocycles. The average Bonchev–Trinajstić information content (AvgIpc) is 2.66. The number of rotatable bonds is 9. The van der Waals surface area contributed by atoms with Crippen LogP contribution in [-0.4, -0.2) is 37.3 Å². The summed E-state index contributed by atoms with van der Waals surface area (Å²) in [7, 11) is 1.54. The molecule has 2 aromatic carbocycles. The predicted molar refractivity (Wildman–Crippen MR) is 98.4 cm³/mol. The number of methoxy groups -OCH3 is 1. The third-order valence-corrected chi connectivity index (χ3v) is 4.01. The molecule has 0 aliphatic heterocycles. The molecule has 7 heteroatoms. The zero-order valence-electron chi connectivity index (χ0n) is 15.2. The van der Waals surface area contributed by atoms with E-state index in [1.807, 2.05) is 0 Å². The SMILES string of the molecule is COCCOCc1cc(C(=O)Nc2cccc(C(C)C(=O)O)c2)ccc1F. The maximum absolute atomic E-state index is 13.9. The summed E-state index contributed by atoms with van der Waals surface area (Å²) in [6.07, 6.45) is 0. The molecule has 0 aromatic heterocycles. The molecule has 2 rings (SSSR count). The Morgan fingerprint density at radius 1 is 1.19 bits per heavy atom. The van der Waals surface area contributed by atoms with Crippen molar-refractivity contribution < 1.29 is 28.6 Å². The third-order valence-electron chi connectivity index (χ3n) is 4.01. The zero-order valence-corrected chi connectivity index (χ0v) is 15.2. The average molecular weight is 375 g/mol. The van der Waals surface area contributed by atoms with Gasteiger partial charge in [-0.05, 0) is 42.8 Å². The van der Waals surface area contributed by atoms with Gasteiger partial charge in [-0.3, -0.25) is 9.59 Å². The van der Waals surface area contributed by atoms with E-state index in [1.54, 1.807) is 38.3 Å². The van der Waals surface area contributed by atoms with E-state index in [9.17, 15) is 14.0 Å². The lowest BCUT2D eigenvalue weighted by molar-refractivity contribution is -0.138. The van der Waals surface area contributed by atoms with Crippen LogP contribution in [0.4, 0.5) is 10.1 Å². The highest BCUT2D eigenvalue weighted by Gasteiger charge is 2.15. The Morgan fingerprint density at radius 3 is 2.67 bits per heavy atom. The Labute approximate surface area is 156 Å². The number of carbonyl (C=O) groups is 2. The van der Waals surface area contributed by atoms with Crippen molar-refractivity contribution in [2.75, 3.05) is 25.6 Å². The first kappa shape index (κ1) is 20.5. The lowest BCUT2D eigenvalue weighted by Crippen LogP contribution is -2.14. The first-order valence-electron chi connectivity index (χ1n) is 8.41. The van der Waals surface area contributed by atoms with Crippen LogP contribution in [0.3, 0.4) is 0 Å². The van der Waals surface area contributed by atoms with E-state index in [2.05, 4.69) is 5.32 Å². The van der Waals surface area contributed by atoms with Crippen LogP contribution in [-0.2, 0) is 20.9 Å². The molecule has 27 heavy (non-hydrogen) atoms. The maximum Gasteiger partial charge on any atom is 0.310 e. The lowest BCUT2D eigenvalue weighted by atomic mass is 10.0. The largest absolute Gasteiger partial charge is 0.481 e. The van der Waals surface area contributed by atoms with Crippen molar-refractivity contribution in [1.82, 2.24) is 0 Å². The molecule has 1 amide bonds. The van der Waals surface area contributed by atoms with E-state index in [0.29, 0.717) is 24.5 Å². The third kappa shape index (κ3) is 5.87. The number of amides is 1. The van der Waals surface area contributed by atoms with Crippen LogP contribution in [0, 0.1) is 5.82 Å². The molecule has 0 fully saturated rings. The van der Waals surface area contributed by atoms with Crippen molar-refractivity contribution in [1.29, 1.82) is 0 Å². The van der Waals surface area contributed by atoms with Crippen molar-refractivity contribution in [3.05, 3.63) is 65.0 Å².